The summed E-state index contributed by atoms with van der Waals surface area (Å²) in [4.78, 5) is 14.8. The summed E-state index contributed by atoms with van der Waals surface area (Å²) in [5.41, 5.74) is 0.795. The van der Waals surface area contributed by atoms with Crippen LogP contribution in [0.25, 0.3) is 10.8 Å². The van der Waals surface area contributed by atoms with Gasteiger partial charge in [-0.05, 0) is 42.7 Å². The molecule has 3 heteroatoms. The molecule has 3 atom stereocenters. The van der Waals surface area contributed by atoms with Crippen molar-refractivity contribution < 1.29 is 9.53 Å². The Bertz CT molecular complexity index is 711. The van der Waals surface area contributed by atoms with Crippen LogP contribution in [0, 0.1) is 5.92 Å². The predicted molar refractivity (Wildman–Crippen MR) is 86.9 cm³/mol. The van der Waals surface area contributed by atoms with Crippen molar-refractivity contribution in [1.29, 1.82) is 0 Å². The van der Waals surface area contributed by atoms with E-state index in [2.05, 4.69) is 19.1 Å². The normalized spacial score (nSPS) is 27.9. The molecule has 0 aliphatic carbocycles. The van der Waals surface area contributed by atoms with E-state index in [1.807, 2.05) is 35.2 Å². The third kappa shape index (κ3) is 2.40. The number of hydrogen-bond donors (Lipinski definition) is 0. The number of piperidine rings is 1. The number of likely N-dealkylation sites (tertiary alicyclic amines) is 1. The zero-order chi connectivity index (χ0) is 15.1. The molecule has 2 fully saturated rings. The lowest BCUT2D eigenvalue weighted by atomic mass is 9.92. The van der Waals surface area contributed by atoms with Crippen molar-refractivity contribution in [2.75, 3.05) is 13.1 Å². The molecular formula is C19H21NO2. The topological polar surface area (TPSA) is 29.5 Å². The highest BCUT2D eigenvalue weighted by Gasteiger charge is 2.38. The highest BCUT2D eigenvalue weighted by atomic mass is 16.5. The Kier molecular flexibility index (Phi) is 3.38. The summed E-state index contributed by atoms with van der Waals surface area (Å²) in [6, 6.07) is 14.2. The number of fused-ring (bicyclic) bond motifs is 2. The Balaban J connectivity index is 1.55. The number of ether oxygens (including phenoxy) is 1. The quantitative estimate of drug-likeness (QED) is 0.806. The summed E-state index contributed by atoms with van der Waals surface area (Å²) >= 11 is 0. The molecule has 114 valence electrons. The fourth-order valence-electron chi connectivity index (χ4n) is 3.89. The minimum absolute atomic E-state index is 0.156. The van der Waals surface area contributed by atoms with Gasteiger partial charge in [-0.3, -0.25) is 4.79 Å². The molecule has 0 bridgehead atoms. The summed E-state index contributed by atoms with van der Waals surface area (Å²) in [7, 11) is 0. The van der Waals surface area contributed by atoms with Crippen LogP contribution in [0.2, 0.25) is 0 Å². The van der Waals surface area contributed by atoms with Gasteiger partial charge in [-0.15, -0.1) is 0 Å². The van der Waals surface area contributed by atoms with Crippen molar-refractivity contribution in [3.8, 4) is 0 Å². The molecule has 2 aliphatic heterocycles. The molecule has 2 aromatic rings. The van der Waals surface area contributed by atoms with Crippen LogP contribution in [0.3, 0.4) is 0 Å². The van der Waals surface area contributed by atoms with E-state index in [0.717, 1.165) is 36.9 Å². The minimum atomic E-state index is 0.156. The van der Waals surface area contributed by atoms with Crippen LogP contribution in [0.4, 0.5) is 0 Å². The molecule has 2 aliphatic rings. The Hall–Kier alpha value is -1.87. The Morgan fingerprint density at radius 3 is 2.86 bits per heavy atom. The second-order valence-electron chi connectivity index (χ2n) is 6.58. The molecule has 22 heavy (non-hydrogen) atoms. The molecule has 0 N–H and O–H groups in total. The molecule has 4 rings (SSSR count). The van der Waals surface area contributed by atoms with Gasteiger partial charge in [0, 0.05) is 24.6 Å². The van der Waals surface area contributed by atoms with Gasteiger partial charge >= 0.3 is 0 Å². The van der Waals surface area contributed by atoms with Gasteiger partial charge in [0.05, 0.1) is 12.2 Å². The van der Waals surface area contributed by atoms with Gasteiger partial charge in [-0.2, -0.15) is 0 Å². The average Bonchev–Trinajstić information content (AvgIpc) is 2.92. The van der Waals surface area contributed by atoms with Gasteiger partial charge in [-0.1, -0.05) is 30.3 Å². The van der Waals surface area contributed by atoms with E-state index >= 15 is 0 Å². The van der Waals surface area contributed by atoms with E-state index < -0.39 is 0 Å². The van der Waals surface area contributed by atoms with Crippen LogP contribution in [-0.2, 0) is 4.74 Å². The largest absolute Gasteiger partial charge is 0.375 e. The number of carbonyl (C=O) groups excluding carboxylic acids is 1. The van der Waals surface area contributed by atoms with Crippen LogP contribution < -0.4 is 0 Å². The first-order valence-electron chi connectivity index (χ1n) is 8.14. The Morgan fingerprint density at radius 2 is 2.00 bits per heavy atom. The lowest BCUT2D eigenvalue weighted by molar-refractivity contribution is 0.00865. The van der Waals surface area contributed by atoms with E-state index in [1.54, 1.807) is 0 Å². The van der Waals surface area contributed by atoms with Crippen LogP contribution >= 0.6 is 0 Å². The van der Waals surface area contributed by atoms with Gasteiger partial charge in [0.1, 0.15) is 0 Å². The maximum Gasteiger partial charge on any atom is 0.253 e. The summed E-state index contributed by atoms with van der Waals surface area (Å²) in [6.45, 7) is 3.77. The second kappa shape index (κ2) is 5.40. The average molecular weight is 295 g/mol. The zero-order valence-electron chi connectivity index (χ0n) is 12.9. The number of amides is 1. The molecule has 2 aromatic carbocycles. The van der Waals surface area contributed by atoms with Gasteiger partial charge in [-0.25, -0.2) is 0 Å². The second-order valence-corrected chi connectivity index (χ2v) is 6.58. The van der Waals surface area contributed by atoms with Crippen molar-refractivity contribution >= 4 is 16.7 Å². The molecular weight excluding hydrogens is 274 g/mol. The predicted octanol–water partition coefficient (Wildman–Crippen LogP) is 3.48. The van der Waals surface area contributed by atoms with Crippen molar-refractivity contribution in [2.45, 2.75) is 32.0 Å². The van der Waals surface area contributed by atoms with E-state index in [9.17, 15) is 4.79 Å². The molecule has 2 heterocycles. The first-order valence-corrected chi connectivity index (χ1v) is 8.14. The van der Waals surface area contributed by atoms with Crippen molar-refractivity contribution in [1.82, 2.24) is 4.90 Å². The van der Waals surface area contributed by atoms with Crippen molar-refractivity contribution in [3.05, 3.63) is 48.0 Å². The molecule has 0 radical (unpaired) electrons. The fourth-order valence-corrected chi connectivity index (χ4v) is 3.89. The first-order chi connectivity index (χ1) is 10.7. The van der Waals surface area contributed by atoms with Crippen LogP contribution in [0.1, 0.15) is 30.1 Å². The standard InChI is InChI=1S/C19H21NO2/c1-13-10-17-12-20(9-8-18(17)22-13)19(21)16-7-6-14-4-2-3-5-15(14)11-16/h2-7,11,13,17-18H,8-10,12H2,1H3/t13-,17-,18-/m0/s1. The SMILES string of the molecule is C[C@H]1C[C@H]2CN(C(=O)c3ccc4ccccc4c3)CC[C@@H]2O1. The van der Waals surface area contributed by atoms with Gasteiger partial charge in [0.25, 0.3) is 5.91 Å². The van der Waals surface area contributed by atoms with Crippen LogP contribution in [0.5, 0.6) is 0 Å². The highest BCUT2D eigenvalue weighted by molar-refractivity contribution is 5.98. The summed E-state index contributed by atoms with van der Waals surface area (Å²) < 4.78 is 5.92. The monoisotopic (exact) mass is 295 g/mol. The van der Waals surface area contributed by atoms with Crippen molar-refractivity contribution in [3.63, 3.8) is 0 Å². The number of nitrogens with zero attached hydrogens (tertiary/aromatic N) is 1. The lowest BCUT2D eigenvalue weighted by Gasteiger charge is -2.34. The molecule has 0 saturated carbocycles. The van der Waals surface area contributed by atoms with E-state index in [1.165, 1.54) is 5.39 Å². The van der Waals surface area contributed by atoms with Gasteiger partial charge < -0.3 is 9.64 Å². The third-order valence-electron chi connectivity index (χ3n) is 4.99. The van der Waals surface area contributed by atoms with E-state index in [-0.39, 0.29) is 5.91 Å². The van der Waals surface area contributed by atoms with Crippen LogP contribution in [0.15, 0.2) is 42.5 Å². The zero-order valence-corrected chi connectivity index (χ0v) is 12.9. The number of benzene rings is 2. The van der Waals surface area contributed by atoms with Gasteiger partial charge in [0.15, 0.2) is 0 Å². The fraction of sp³-hybridized carbons (Fsp3) is 0.421. The van der Waals surface area contributed by atoms with Crippen LogP contribution in [-0.4, -0.2) is 36.1 Å². The van der Waals surface area contributed by atoms with E-state index in [4.69, 9.17) is 4.74 Å². The molecule has 3 nitrogen and oxygen atoms in total. The summed E-state index contributed by atoms with van der Waals surface area (Å²) in [5.74, 6) is 0.664. The molecule has 2 saturated heterocycles. The molecule has 0 unspecified atom stereocenters. The van der Waals surface area contributed by atoms with E-state index in [0.29, 0.717) is 18.1 Å². The Morgan fingerprint density at radius 1 is 1.18 bits per heavy atom. The molecule has 0 spiro atoms. The minimum Gasteiger partial charge on any atom is -0.375 e. The smallest absolute Gasteiger partial charge is 0.253 e. The Labute approximate surface area is 130 Å². The maximum absolute atomic E-state index is 12.8. The molecule has 1 amide bonds. The number of hydrogen-bond acceptors (Lipinski definition) is 2. The maximum atomic E-state index is 12.8. The highest BCUT2D eigenvalue weighted by Crippen LogP contribution is 2.33. The summed E-state index contributed by atoms with van der Waals surface area (Å²) in [6.07, 6.45) is 2.74. The van der Waals surface area contributed by atoms with Crippen molar-refractivity contribution in [2.24, 2.45) is 5.92 Å². The number of rotatable bonds is 1. The summed E-state index contributed by atoms with van der Waals surface area (Å²) in [5, 5.41) is 2.30. The first kappa shape index (κ1) is 13.8. The third-order valence-corrected chi connectivity index (χ3v) is 4.99. The lowest BCUT2D eigenvalue weighted by Crippen LogP contribution is -2.44. The number of carbonyl (C=O) groups is 1. The molecule has 0 aromatic heterocycles. The van der Waals surface area contributed by atoms with Gasteiger partial charge in [0.2, 0.25) is 0 Å².